The molecule has 2 heteroatoms. The van der Waals surface area contributed by atoms with Gasteiger partial charge in [0.05, 0.1) is 0 Å². The predicted molar refractivity (Wildman–Crippen MR) is 72.3 cm³/mol. The Balaban J connectivity index is 1.72. The van der Waals surface area contributed by atoms with Crippen LogP contribution in [0.4, 0.5) is 0 Å². The highest BCUT2D eigenvalue weighted by atomic mass is 16.2. The fourth-order valence-electron chi connectivity index (χ4n) is 3.29. The molecule has 2 unspecified atom stereocenters. The van der Waals surface area contributed by atoms with Crippen LogP contribution in [0.2, 0.25) is 0 Å². The maximum Gasteiger partial charge on any atom is 0.225 e. The third kappa shape index (κ3) is 1.94. The molecule has 1 aliphatic carbocycles. The van der Waals surface area contributed by atoms with E-state index in [1.807, 2.05) is 0 Å². The number of likely N-dealkylation sites (tertiary alicyclic amines) is 1. The summed E-state index contributed by atoms with van der Waals surface area (Å²) in [6.45, 7) is 3.15. The SMILES string of the molecule is CC1C(c2ccccc2)CCN1C(=O)C1CCC1. The zero-order valence-electron chi connectivity index (χ0n) is 11.0. The highest BCUT2D eigenvalue weighted by Crippen LogP contribution is 2.37. The van der Waals surface area contributed by atoms with E-state index in [0.717, 1.165) is 25.8 Å². The number of hydrogen-bond donors (Lipinski definition) is 0. The van der Waals surface area contributed by atoms with Gasteiger partial charge in [0, 0.05) is 24.4 Å². The first-order valence-electron chi connectivity index (χ1n) is 7.13. The average molecular weight is 243 g/mol. The summed E-state index contributed by atoms with van der Waals surface area (Å²) in [7, 11) is 0. The van der Waals surface area contributed by atoms with Gasteiger partial charge in [-0.3, -0.25) is 4.79 Å². The molecule has 1 aliphatic heterocycles. The summed E-state index contributed by atoms with van der Waals surface area (Å²) in [4.78, 5) is 14.5. The van der Waals surface area contributed by atoms with Gasteiger partial charge in [-0.05, 0) is 31.7 Å². The third-order valence-electron chi connectivity index (χ3n) is 4.72. The highest BCUT2D eigenvalue weighted by molar-refractivity contribution is 5.80. The lowest BCUT2D eigenvalue weighted by molar-refractivity contribution is -0.138. The normalized spacial score (nSPS) is 28.2. The van der Waals surface area contributed by atoms with Crippen molar-refractivity contribution in [1.82, 2.24) is 4.90 Å². The average Bonchev–Trinajstić information content (AvgIpc) is 2.70. The Bertz CT molecular complexity index is 424. The highest BCUT2D eigenvalue weighted by Gasteiger charge is 2.38. The third-order valence-corrected chi connectivity index (χ3v) is 4.72. The lowest BCUT2D eigenvalue weighted by Crippen LogP contribution is -2.41. The molecule has 2 aliphatic rings. The molecule has 1 aromatic carbocycles. The molecular formula is C16H21NO. The summed E-state index contributed by atoms with van der Waals surface area (Å²) in [6.07, 6.45) is 4.57. The van der Waals surface area contributed by atoms with Crippen LogP contribution < -0.4 is 0 Å². The van der Waals surface area contributed by atoms with Gasteiger partial charge in [0.15, 0.2) is 0 Å². The van der Waals surface area contributed by atoms with Crippen molar-refractivity contribution in [2.45, 2.75) is 44.6 Å². The standard InChI is InChI=1S/C16H21NO/c1-12-15(13-6-3-2-4-7-13)10-11-17(12)16(18)14-8-5-9-14/h2-4,6-7,12,14-15H,5,8-11H2,1H3. The van der Waals surface area contributed by atoms with Crippen molar-refractivity contribution in [1.29, 1.82) is 0 Å². The minimum absolute atomic E-state index is 0.335. The van der Waals surface area contributed by atoms with Crippen LogP contribution >= 0.6 is 0 Å². The van der Waals surface area contributed by atoms with Crippen molar-refractivity contribution >= 4 is 5.91 Å². The molecule has 2 nitrogen and oxygen atoms in total. The monoisotopic (exact) mass is 243 g/mol. The van der Waals surface area contributed by atoms with E-state index in [1.54, 1.807) is 0 Å². The minimum atomic E-state index is 0.335. The molecule has 1 saturated heterocycles. The lowest BCUT2D eigenvalue weighted by Gasteiger charge is -2.32. The molecule has 0 spiro atoms. The Hall–Kier alpha value is -1.31. The van der Waals surface area contributed by atoms with Crippen molar-refractivity contribution < 1.29 is 4.79 Å². The Morgan fingerprint density at radius 2 is 1.89 bits per heavy atom. The Morgan fingerprint density at radius 1 is 1.17 bits per heavy atom. The largest absolute Gasteiger partial charge is 0.339 e. The van der Waals surface area contributed by atoms with Crippen molar-refractivity contribution in [3.63, 3.8) is 0 Å². The van der Waals surface area contributed by atoms with Crippen LogP contribution in [-0.2, 0) is 4.79 Å². The molecule has 0 aromatic heterocycles. The van der Waals surface area contributed by atoms with Crippen molar-refractivity contribution in [3.05, 3.63) is 35.9 Å². The fraction of sp³-hybridized carbons (Fsp3) is 0.562. The van der Waals surface area contributed by atoms with Crippen LogP contribution in [0.3, 0.4) is 0 Å². The minimum Gasteiger partial charge on any atom is -0.339 e. The Kier molecular flexibility index (Phi) is 3.11. The van der Waals surface area contributed by atoms with E-state index in [9.17, 15) is 4.79 Å². The molecular weight excluding hydrogens is 222 g/mol. The van der Waals surface area contributed by atoms with E-state index in [2.05, 4.69) is 42.2 Å². The van der Waals surface area contributed by atoms with Gasteiger partial charge in [0.1, 0.15) is 0 Å². The molecule has 18 heavy (non-hydrogen) atoms. The van der Waals surface area contributed by atoms with Gasteiger partial charge in [-0.25, -0.2) is 0 Å². The molecule has 96 valence electrons. The molecule has 1 saturated carbocycles. The van der Waals surface area contributed by atoms with E-state index < -0.39 is 0 Å². The van der Waals surface area contributed by atoms with Gasteiger partial charge in [-0.15, -0.1) is 0 Å². The second-order valence-corrected chi connectivity index (χ2v) is 5.71. The summed E-state index contributed by atoms with van der Waals surface area (Å²) in [5, 5.41) is 0. The van der Waals surface area contributed by atoms with Gasteiger partial charge < -0.3 is 4.90 Å². The number of rotatable bonds is 2. The second-order valence-electron chi connectivity index (χ2n) is 5.71. The molecule has 1 aromatic rings. The maximum absolute atomic E-state index is 12.3. The Morgan fingerprint density at radius 3 is 2.50 bits per heavy atom. The quantitative estimate of drug-likeness (QED) is 0.781. The van der Waals surface area contributed by atoms with Crippen molar-refractivity contribution in [3.8, 4) is 0 Å². The molecule has 2 fully saturated rings. The van der Waals surface area contributed by atoms with Gasteiger partial charge in [0.25, 0.3) is 0 Å². The van der Waals surface area contributed by atoms with Crippen LogP contribution in [0, 0.1) is 5.92 Å². The van der Waals surface area contributed by atoms with E-state index in [4.69, 9.17) is 0 Å². The topological polar surface area (TPSA) is 20.3 Å². The zero-order chi connectivity index (χ0) is 12.5. The van der Waals surface area contributed by atoms with Gasteiger partial charge in [-0.2, -0.15) is 0 Å². The molecule has 3 rings (SSSR count). The number of benzene rings is 1. The number of amides is 1. The first-order valence-corrected chi connectivity index (χ1v) is 7.13. The lowest BCUT2D eigenvalue weighted by atomic mass is 9.84. The van der Waals surface area contributed by atoms with E-state index in [1.165, 1.54) is 12.0 Å². The van der Waals surface area contributed by atoms with Crippen molar-refractivity contribution in [2.75, 3.05) is 6.54 Å². The predicted octanol–water partition coefficient (Wildman–Crippen LogP) is 3.19. The number of hydrogen-bond acceptors (Lipinski definition) is 1. The van der Waals surface area contributed by atoms with Gasteiger partial charge >= 0.3 is 0 Å². The van der Waals surface area contributed by atoms with Gasteiger partial charge in [-0.1, -0.05) is 36.8 Å². The molecule has 0 radical (unpaired) electrons. The summed E-state index contributed by atoms with van der Waals surface area (Å²) in [5.74, 6) is 1.27. The van der Waals surface area contributed by atoms with Gasteiger partial charge in [0.2, 0.25) is 5.91 Å². The van der Waals surface area contributed by atoms with Crippen LogP contribution in [0.25, 0.3) is 0 Å². The Labute approximate surface area is 109 Å². The molecule has 1 heterocycles. The molecule has 1 amide bonds. The summed E-state index contributed by atoms with van der Waals surface area (Å²) in [5.41, 5.74) is 1.38. The fourth-order valence-corrected chi connectivity index (χ4v) is 3.29. The van der Waals surface area contributed by atoms with Crippen molar-refractivity contribution in [2.24, 2.45) is 5.92 Å². The molecule has 0 N–H and O–H groups in total. The van der Waals surface area contributed by atoms with E-state index in [-0.39, 0.29) is 0 Å². The summed E-state index contributed by atoms with van der Waals surface area (Å²) in [6, 6.07) is 11.0. The molecule has 2 atom stereocenters. The summed E-state index contributed by atoms with van der Waals surface area (Å²) < 4.78 is 0. The maximum atomic E-state index is 12.3. The molecule has 0 bridgehead atoms. The smallest absolute Gasteiger partial charge is 0.225 e. The first kappa shape index (κ1) is 11.8. The second kappa shape index (κ2) is 4.75. The number of carbonyl (C=O) groups is 1. The van der Waals surface area contributed by atoms with Crippen LogP contribution in [0.15, 0.2) is 30.3 Å². The first-order chi connectivity index (χ1) is 8.77. The zero-order valence-corrected chi connectivity index (χ0v) is 11.0. The van der Waals surface area contributed by atoms with Crippen LogP contribution in [0.5, 0.6) is 0 Å². The number of carbonyl (C=O) groups excluding carboxylic acids is 1. The van der Waals surface area contributed by atoms with Crippen LogP contribution in [0.1, 0.15) is 44.1 Å². The van der Waals surface area contributed by atoms with Crippen LogP contribution in [-0.4, -0.2) is 23.4 Å². The summed E-state index contributed by atoms with van der Waals surface area (Å²) >= 11 is 0. The van der Waals surface area contributed by atoms with E-state index in [0.29, 0.717) is 23.8 Å². The number of nitrogens with zero attached hydrogens (tertiary/aromatic N) is 1. The van der Waals surface area contributed by atoms with E-state index >= 15 is 0 Å².